The second-order valence-electron chi connectivity index (χ2n) is 8.80. The van der Waals surface area contributed by atoms with E-state index in [4.69, 9.17) is 4.74 Å². The number of carbonyl (C=O) groups is 2. The number of aliphatic imine (C=N–C) groups is 1. The summed E-state index contributed by atoms with van der Waals surface area (Å²) in [5.41, 5.74) is 2.04. The zero-order valence-electron chi connectivity index (χ0n) is 20.2. The van der Waals surface area contributed by atoms with Crippen LogP contribution in [0.5, 0.6) is 0 Å². The first kappa shape index (κ1) is 25.8. The SMILES string of the molecule is CC1=NC(C)=C(C(=O)OC(C)CN(C)Cc2ccccc2)C(c2cccc([N+](=O)[O-])c2)C1C(=O)O. The molecule has 0 saturated carbocycles. The van der Waals surface area contributed by atoms with Crippen molar-refractivity contribution >= 4 is 23.3 Å². The van der Waals surface area contributed by atoms with Crippen molar-refractivity contribution < 1.29 is 24.4 Å². The highest BCUT2D eigenvalue weighted by Gasteiger charge is 2.42. The molecule has 0 amide bonds. The predicted octanol–water partition coefficient (Wildman–Crippen LogP) is 4.19. The molecule has 0 bridgehead atoms. The number of allylic oxidation sites excluding steroid dienone is 1. The third kappa shape index (κ3) is 6.19. The van der Waals surface area contributed by atoms with Crippen molar-refractivity contribution in [2.24, 2.45) is 10.9 Å². The molecule has 35 heavy (non-hydrogen) atoms. The van der Waals surface area contributed by atoms with Gasteiger partial charge in [0.05, 0.1) is 10.5 Å². The Balaban J connectivity index is 1.86. The molecule has 1 N–H and O–H groups in total. The lowest BCUT2D eigenvalue weighted by molar-refractivity contribution is -0.384. The minimum Gasteiger partial charge on any atom is -0.481 e. The number of rotatable bonds is 9. The molecule has 0 saturated heterocycles. The van der Waals surface area contributed by atoms with Gasteiger partial charge in [0.25, 0.3) is 5.69 Å². The number of ether oxygens (including phenoxy) is 1. The van der Waals surface area contributed by atoms with Gasteiger partial charge in [0.1, 0.15) is 12.0 Å². The van der Waals surface area contributed by atoms with Crippen LogP contribution in [0.3, 0.4) is 0 Å². The Morgan fingerprint density at radius 1 is 1.17 bits per heavy atom. The van der Waals surface area contributed by atoms with Crippen molar-refractivity contribution in [3.8, 4) is 0 Å². The molecule has 3 rings (SSSR count). The Kier molecular flexibility index (Phi) is 8.14. The van der Waals surface area contributed by atoms with Gasteiger partial charge in [-0.05, 0) is 38.9 Å². The smallest absolute Gasteiger partial charge is 0.336 e. The number of carboxylic acid groups (broad SMARTS) is 1. The van der Waals surface area contributed by atoms with Gasteiger partial charge < -0.3 is 9.84 Å². The second-order valence-corrected chi connectivity index (χ2v) is 8.80. The number of hydrogen-bond acceptors (Lipinski definition) is 7. The van der Waals surface area contributed by atoms with Gasteiger partial charge in [0.15, 0.2) is 0 Å². The number of nitrogens with zero attached hydrogens (tertiary/aromatic N) is 3. The number of carbonyl (C=O) groups excluding carboxylic acids is 1. The van der Waals surface area contributed by atoms with Crippen molar-refractivity contribution in [2.45, 2.75) is 39.3 Å². The van der Waals surface area contributed by atoms with E-state index >= 15 is 0 Å². The lowest BCUT2D eigenvalue weighted by Crippen LogP contribution is -2.37. The Morgan fingerprint density at radius 2 is 1.86 bits per heavy atom. The highest BCUT2D eigenvalue weighted by molar-refractivity contribution is 6.06. The van der Waals surface area contributed by atoms with E-state index in [1.165, 1.54) is 18.2 Å². The number of carboxylic acids is 1. The highest BCUT2D eigenvalue weighted by atomic mass is 16.6. The van der Waals surface area contributed by atoms with Crippen LogP contribution in [0, 0.1) is 16.0 Å². The summed E-state index contributed by atoms with van der Waals surface area (Å²) < 4.78 is 5.73. The van der Waals surface area contributed by atoms with Crippen molar-refractivity contribution in [3.63, 3.8) is 0 Å². The molecule has 2 aromatic rings. The molecule has 184 valence electrons. The second kappa shape index (κ2) is 11.1. The van der Waals surface area contributed by atoms with Crippen molar-refractivity contribution in [3.05, 3.63) is 87.1 Å². The van der Waals surface area contributed by atoms with E-state index in [1.54, 1.807) is 26.8 Å². The first-order valence-corrected chi connectivity index (χ1v) is 11.2. The lowest BCUT2D eigenvalue weighted by atomic mass is 9.75. The summed E-state index contributed by atoms with van der Waals surface area (Å²) >= 11 is 0. The largest absolute Gasteiger partial charge is 0.481 e. The van der Waals surface area contributed by atoms with E-state index in [0.29, 0.717) is 30.1 Å². The molecule has 1 heterocycles. The molecular weight excluding hydrogens is 450 g/mol. The van der Waals surface area contributed by atoms with Crippen molar-refractivity contribution in [1.82, 2.24) is 4.90 Å². The third-order valence-corrected chi connectivity index (χ3v) is 5.93. The monoisotopic (exact) mass is 479 g/mol. The first-order valence-electron chi connectivity index (χ1n) is 11.2. The summed E-state index contributed by atoms with van der Waals surface area (Å²) in [6.45, 7) is 6.10. The molecule has 9 heteroatoms. The van der Waals surface area contributed by atoms with Gasteiger partial charge >= 0.3 is 11.9 Å². The number of aliphatic carboxylic acids is 1. The van der Waals surface area contributed by atoms with Gasteiger partial charge in [0.2, 0.25) is 0 Å². The van der Waals surface area contributed by atoms with Gasteiger partial charge in [-0.3, -0.25) is 24.8 Å². The van der Waals surface area contributed by atoms with Crippen LogP contribution in [-0.4, -0.2) is 52.3 Å². The topological polar surface area (TPSA) is 122 Å². The molecular formula is C26H29N3O6. The number of benzene rings is 2. The number of hydrogen-bond donors (Lipinski definition) is 1. The van der Waals surface area contributed by atoms with Crippen LogP contribution >= 0.6 is 0 Å². The minimum absolute atomic E-state index is 0.0982. The molecule has 3 atom stereocenters. The number of nitro benzene ring substituents is 1. The maximum atomic E-state index is 13.3. The summed E-state index contributed by atoms with van der Waals surface area (Å²) in [6.07, 6.45) is -0.488. The van der Waals surface area contributed by atoms with Gasteiger partial charge in [-0.15, -0.1) is 0 Å². The van der Waals surface area contributed by atoms with Gasteiger partial charge in [-0.2, -0.15) is 0 Å². The standard InChI is InChI=1S/C26H29N3O6/c1-16(14-28(4)15-19-9-6-5-7-10-19)35-26(32)23-18(3)27-17(2)22(25(30)31)24(23)20-11-8-12-21(13-20)29(33)34/h5-13,16,22,24H,14-15H2,1-4H3,(H,30,31). The average molecular weight is 480 g/mol. The van der Waals surface area contributed by atoms with Crippen molar-refractivity contribution in [1.29, 1.82) is 0 Å². The average Bonchev–Trinajstić information content (AvgIpc) is 2.78. The molecule has 1 aliphatic rings. The normalized spacial score (nSPS) is 18.7. The van der Waals surface area contributed by atoms with Crippen LogP contribution in [0.25, 0.3) is 0 Å². The molecule has 0 spiro atoms. The minimum atomic E-state index is -1.17. The Bertz CT molecular complexity index is 1170. The van der Waals surface area contributed by atoms with E-state index in [0.717, 1.165) is 5.56 Å². The Morgan fingerprint density at radius 3 is 2.49 bits per heavy atom. The van der Waals surface area contributed by atoms with E-state index in [-0.39, 0.29) is 11.3 Å². The number of likely N-dealkylation sites (N-methyl/N-ethyl adjacent to an activating group) is 1. The maximum absolute atomic E-state index is 13.3. The quantitative estimate of drug-likeness (QED) is 0.325. The van der Waals surface area contributed by atoms with E-state index in [1.807, 2.05) is 42.3 Å². The summed E-state index contributed by atoms with van der Waals surface area (Å²) in [4.78, 5) is 42.6. The lowest BCUT2D eigenvalue weighted by Gasteiger charge is -2.31. The number of esters is 1. The fourth-order valence-electron chi connectivity index (χ4n) is 4.50. The van der Waals surface area contributed by atoms with Gasteiger partial charge in [-0.1, -0.05) is 42.5 Å². The summed E-state index contributed by atoms with van der Waals surface area (Å²) in [7, 11) is 1.92. The van der Waals surface area contributed by atoms with Crippen molar-refractivity contribution in [2.75, 3.05) is 13.6 Å². The predicted molar refractivity (Wildman–Crippen MR) is 131 cm³/mol. The van der Waals surface area contributed by atoms with Crippen LogP contribution in [0.4, 0.5) is 5.69 Å². The molecule has 0 radical (unpaired) electrons. The Hall–Kier alpha value is -3.85. The summed E-state index contributed by atoms with van der Waals surface area (Å²) in [5.74, 6) is -3.97. The summed E-state index contributed by atoms with van der Waals surface area (Å²) in [6, 6.07) is 15.6. The zero-order chi connectivity index (χ0) is 25.7. The fourth-order valence-corrected chi connectivity index (χ4v) is 4.50. The van der Waals surface area contributed by atoms with Crippen LogP contribution in [0.2, 0.25) is 0 Å². The molecule has 0 aliphatic carbocycles. The van der Waals surface area contributed by atoms with E-state index in [9.17, 15) is 24.8 Å². The highest BCUT2D eigenvalue weighted by Crippen LogP contribution is 2.40. The molecule has 0 aromatic heterocycles. The van der Waals surface area contributed by atoms with E-state index < -0.39 is 34.8 Å². The van der Waals surface area contributed by atoms with E-state index in [2.05, 4.69) is 4.99 Å². The third-order valence-electron chi connectivity index (χ3n) is 5.93. The van der Waals surface area contributed by atoms with Crippen LogP contribution in [0.15, 0.2) is 70.9 Å². The van der Waals surface area contributed by atoms with Crippen LogP contribution < -0.4 is 0 Å². The van der Waals surface area contributed by atoms with Crippen LogP contribution in [0.1, 0.15) is 37.8 Å². The maximum Gasteiger partial charge on any atom is 0.336 e. The molecule has 9 nitrogen and oxygen atoms in total. The van der Waals surface area contributed by atoms with Crippen LogP contribution in [-0.2, 0) is 20.9 Å². The molecule has 0 fully saturated rings. The summed E-state index contributed by atoms with van der Waals surface area (Å²) in [5, 5.41) is 21.3. The van der Waals surface area contributed by atoms with Gasteiger partial charge in [-0.25, -0.2) is 4.79 Å². The number of nitro groups is 1. The fraction of sp³-hybridized carbons (Fsp3) is 0.346. The molecule has 3 unspecified atom stereocenters. The van der Waals surface area contributed by atoms with Gasteiger partial charge in [0, 0.05) is 42.5 Å². The molecule has 2 aromatic carbocycles. The first-order chi connectivity index (χ1) is 16.6. The molecule has 1 aliphatic heterocycles. The zero-order valence-corrected chi connectivity index (χ0v) is 20.2. The Labute approximate surface area is 203 Å². The number of non-ortho nitro benzene ring substituents is 1.